The van der Waals surface area contributed by atoms with E-state index in [-0.39, 0.29) is 0 Å². The van der Waals surface area contributed by atoms with E-state index < -0.39 is 0 Å². The summed E-state index contributed by atoms with van der Waals surface area (Å²) in [4.78, 5) is 0. The van der Waals surface area contributed by atoms with Crippen molar-refractivity contribution in [2.75, 3.05) is 7.05 Å². The molecule has 1 N–H and O–H groups in total. The van der Waals surface area contributed by atoms with Gasteiger partial charge in [0.25, 0.3) is 0 Å². The van der Waals surface area contributed by atoms with Crippen LogP contribution in [0.5, 0.6) is 0 Å². The Labute approximate surface area is 96.0 Å². The fraction of sp³-hybridized carbons (Fsp3) is 1.00. The van der Waals surface area contributed by atoms with Crippen molar-refractivity contribution in [1.82, 2.24) is 5.32 Å². The molecule has 1 rings (SSSR count). The minimum atomic E-state index is 0.385. The molecule has 3 unspecified atom stereocenters. The number of hydrogen-bond donors (Lipinski definition) is 1. The number of hydrogen-bond acceptors (Lipinski definition) is 1. The number of nitrogens with one attached hydrogen (secondary N) is 1. The summed E-state index contributed by atoms with van der Waals surface area (Å²) >= 11 is 0. The van der Waals surface area contributed by atoms with Crippen LogP contribution in [0, 0.1) is 23.2 Å². The van der Waals surface area contributed by atoms with E-state index in [1.54, 1.807) is 0 Å². The third-order valence-electron chi connectivity index (χ3n) is 3.93. The predicted molar refractivity (Wildman–Crippen MR) is 68.0 cm³/mol. The van der Waals surface area contributed by atoms with Crippen molar-refractivity contribution in [3.8, 4) is 0 Å². The Morgan fingerprint density at radius 3 is 1.80 bits per heavy atom. The summed E-state index contributed by atoms with van der Waals surface area (Å²) in [5, 5.41) is 3.55. The molecule has 0 spiro atoms. The largest absolute Gasteiger partial charge is 0.316 e. The van der Waals surface area contributed by atoms with Crippen molar-refractivity contribution in [3.63, 3.8) is 0 Å². The third kappa shape index (κ3) is 3.48. The highest BCUT2D eigenvalue weighted by molar-refractivity contribution is 4.89. The predicted octanol–water partition coefficient (Wildman–Crippen LogP) is 3.69. The highest BCUT2D eigenvalue weighted by Crippen LogP contribution is 2.39. The molecule has 0 bridgehead atoms. The molecular formula is C14H29N. The molecular weight excluding hydrogens is 182 g/mol. The molecule has 1 nitrogen and oxygen atoms in total. The Hall–Kier alpha value is -0.0400. The lowest BCUT2D eigenvalue weighted by molar-refractivity contribution is 0.118. The van der Waals surface area contributed by atoms with Crippen LogP contribution >= 0.6 is 0 Å². The second-order valence-corrected chi connectivity index (χ2v) is 6.81. The fourth-order valence-corrected chi connectivity index (χ4v) is 3.66. The zero-order valence-corrected chi connectivity index (χ0v) is 11.4. The second-order valence-electron chi connectivity index (χ2n) is 6.81. The van der Waals surface area contributed by atoms with Crippen LogP contribution in [0.15, 0.2) is 0 Å². The molecule has 3 atom stereocenters. The van der Waals surface area contributed by atoms with Crippen molar-refractivity contribution in [3.05, 3.63) is 0 Å². The SMILES string of the molecule is CNC(C1CC(C)CC(C)C1)C(C)(C)C. The van der Waals surface area contributed by atoms with E-state index in [1.165, 1.54) is 19.3 Å². The van der Waals surface area contributed by atoms with Gasteiger partial charge in [0.05, 0.1) is 0 Å². The summed E-state index contributed by atoms with van der Waals surface area (Å²) in [5.41, 5.74) is 0.385. The molecule has 1 fully saturated rings. The van der Waals surface area contributed by atoms with Gasteiger partial charge in [0.15, 0.2) is 0 Å². The molecule has 0 saturated heterocycles. The van der Waals surface area contributed by atoms with E-state index in [4.69, 9.17) is 0 Å². The average molecular weight is 211 g/mol. The first-order valence-electron chi connectivity index (χ1n) is 6.51. The smallest absolute Gasteiger partial charge is 0.0141 e. The van der Waals surface area contributed by atoms with E-state index in [1.807, 2.05) is 0 Å². The summed E-state index contributed by atoms with van der Waals surface area (Å²) in [7, 11) is 2.12. The second kappa shape index (κ2) is 4.86. The van der Waals surface area contributed by atoms with E-state index in [0.29, 0.717) is 11.5 Å². The van der Waals surface area contributed by atoms with Crippen molar-refractivity contribution in [2.45, 2.75) is 59.9 Å². The molecule has 0 radical (unpaired) electrons. The van der Waals surface area contributed by atoms with Crippen molar-refractivity contribution < 1.29 is 0 Å². The molecule has 15 heavy (non-hydrogen) atoms. The molecule has 0 aromatic rings. The molecule has 0 aliphatic heterocycles. The molecule has 1 aliphatic carbocycles. The first kappa shape index (κ1) is 13.0. The van der Waals surface area contributed by atoms with Crippen LogP contribution in [-0.4, -0.2) is 13.1 Å². The van der Waals surface area contributed by atoms with Gasteiger partial charge in [-0.15, -0.1) is 0 Å². The molecule has 1 saturated carbocycles. The van der Waals surface area contributed by atoms with Gasteiger partial charge in [-0.3, -0.25) is 0 Å². The number of rotatable bonds is 2. The van der Waals surface area contributed by atoms with Gasteiger partial charge in [0.1, 0.15) is 0 Å². The van der Waals surface area contributed by atoms with Crippen LogP contribution in [0.3, 0.4) is 0 Å². The van der Waals surface area contributed by atoms with E-state index in [0.717, 1.165) is 17.8 Å². The monoisotopic (exact) mass is 211 g/mol. The Balaban J connectivity index is 2.68. The lowest BCUT2D eigenvalue weighted by Gasteiger charge is -2.42. The summed E-state index contributed by atoms with van der Waals surface area (Å²) in [6.07, 6.45) is 4.25. The van der Waals surface area contributed by atoms with Gasteiger partial charge in [-0.1, -0.05) is 34.6 Å². The van der Waals surface area contributed by atoms with Gasteiger partial charge in [-0.2, -0.15) is 0 Å². The summed E-state index contributed by atoms with van der Waals surface area (Å²) in [6.45, 7) is 11.9. The Bertz CT molecular complexity index is 182. The van der Waals surface area contributed by atoms with E-state index in [9.17, 15) is 0 Å². The van der Waals surface area contributed by atoms with Crippen LogP contribution in [-0.2, 0) is 0 Å². The van der Waals surface area contributed by atoms with Crippen LogP contribution in [0.4, 0.5) is 0 Å². The van der Waals surface area contributed by atoms with E-state index >= 15 is 0 Å². The van der Waals surface area contributed by atoms with Gasteiger partial charge < -0.3 is 5.32 Å². The minimum Gasteiger partial charge on any atom is -0.316 e. The summed E-state index contributed by atoms with van der Waals surface area (Å²) < 4.78 is 0. The minimum absolute atomic E-state index is 0.385. The maximum absolute atomic E-state index is 3.55. The molecule has 0 amide bonds. The summed E-state index contributed by atoms with van der Waals surface area (Å²) in [6, 6.07) is 0.669. The van der Waals surface area contributed by atoms with Crippen LogP contribution in [0.25, 0.3) is 0 Å². The molecule has 1 aliphatic rings. The van der Waals surface area contributed by atoms with Crippen molar-refractivity contribution >= 4 is 0 Å². The molecule has 1 heteroatoms. The fourth-order valence-electron chi connectivity index (χ4n) is 3.66. The van der Waals surface area contributed by atoms with Crippen LogP contribution in [0.2, 0.25) is 0 Å². The van der Waals surface area contributed by atoms with Gasteiger partial charge in [-0.25, -0.2) is 0 Å². The van der Waals surface area contributed by atoms with Crippen molar-refractivity contribution in [1.29, 1.82) is 0 Å². The maximum Gasteiger partial charge on any atom is 0.0141 e. The highest BCUT2D eigenvalue weighted by Gasteiger charge is 2.35. The Morgan fingerprint density at radius 2 is 1.47 bits per heavy atom. The standard InChI is InChI=1S/C14H29N/c1-10-7-11(2)9-12(8-10)13(15-6)14(3,4)5/h10-13,15H,7-9H2,1-6H3. The highest BCUT2D eigenvalue weighted by atomic mass is 14.9. The molecule has 0 aromatic heterocycles. The van der Waals surface area contributed by atoms with E-state index in [2.05, 4.69) is 47.0 Å². The van der Waals surface area contributed by atoms with Gasteiger partial charge in [-0.05, 0) is 49.5 Å². The first-order chi connectivity index (χ1) is 6.84. The third-order valence-corrected chi connectivity index (χ3v) is 3.93. The van der Waals surface area contributed by atoms with Crippen LogP contribution < -0.4 is 5.32 Å². The zero-order chi connectivity index (χ0) is 11.6. The maximum atomic E-state index is 3.55. The lowest BCUT2D eigenvalue weighted by Crippen LogP contribution is -2.46. The van der Waals surface area contributed by atoms with Gasteiger partial charge >= 0.3 is 0 Å². The molecule has 0 aromatic carbocycles. The normalized spacial score (nSPS) is 35.2. The zero-order valence-electron chi connectivity index (χ0n) is 11.4. The first-order valence-corrected chi connectivity index (χ1v) is 6.51. The summed E-state index contributed by atoms with van der Waals surface area (Å²) in [5.74, 6) is 2.70. The van der Waals surface area contributed by atoms with Gasteiger partial charge in [0.2, 0.25) is 0 Å². The average Bonchev–Trinajstić information content (AvgIpc) is 1.99. The lowest BCUT2D eigenvalue weighted by atomic mass is 9.68. The Kier molecular flexibility index (Phi) is 4.22. The van der Waals surface area contributed by atoms with Crippen molar-refractivity contribution in [2.24, 2.45) is 23.2 Å². The van der Waals surface area contributed by atoms with Gasteiger partial charge in [0, 0.05) is 6.04 Å². The molecule has 90 valence electrons. The quantitative estimate of drug-likeness (QED) is 0.734. The van der Waals surface area contributed by atoms with Crippen LogP contribution in [0.1, 0.15) is 53.9 Å². The topological polar surface area (TPSA) is 12.0 Å². The Morgan fingerprint density at radius 1 is 1.00 bits per heavy atom. The molecule has 0 heterocycles.